The first-order chi connectivity index (χ1) is 5.07. The standard InChI is InChI=1S/C6H10O3S2.Na/c1-3-9-6(10)11-4(2)5(7)8;/h4H,3H2,1-2H3,(H,7,8);/q;+1/p-1. The predicted octanol–water partition coefficient (Wildman–Crippen LogP) is -2.82. The van der Waals surface area contributed by atoms with Crippen LogP contribution in [-0.2, 0) is 9.53 Å². The van der Waals surface area contributed by atoms with E-state index in [0.717, 1.165) is 11.8 Å². The van der Waals surface area contributed by atoms with Crippen LogP contribution in [0.15, 0.2) is 0 Å². The molecule has 0 saturated carbocycles. The van der Waals surface area contributed by atoms with Crippen LogP contribution in [0.4, 0.5) is 0 Å². The summed E-state index contributed by atoms with van der Waals surface area (Å²) in [4.78, 5) is 10.2. The molecule has 0 aromatic rings. The Balaban J connectivity index is 0. The molecule has 12 heavy (non-hydrogen) atoms. The number of hydrogen-bond donors (Lipinski definition) is 0. The molecule has 0 amide bonds. The van der Waals surface area contributed by atoms with Crippen LogP contribution >= 0.6 is 24.0 Å². The van der Waals surface area contributed by atoms with Crippen LogP contribution in [0, 0.1) is 0 Å². The number of rotatable bonds is 3. The van der Waals surface area contributed by atoms with Crippen LogP contribution in [0.3, 0.4) is 0 Å². The van der Waals surface area contributed by atoms with Gasteiger partial charge in [-0.2, -0.15) is 0 Å². The van der Waals surface area contributed by atoms with Gasteiger partial charge in [0, 0.05) is 0 Å². The van der Waals surface area contributed by atoms with Gasteiger partial charge in [-0.15, -0.1) is 0 Å². The van der Waals surface area contributed by atoms with Crippen molar-refractivity contribution in [2.45, 2.75) is 19.1 Å². The van der Waals surface area contributed by atoms with Crippen LogP contribution in [0.25, 0.3) is 0 Å². The summed E-state index contributed by atoms with van der Waals surface area (Å²) >= 11 is 5.68. The fraction of sp³-hybridized carbons (Fsp3) is 0.667. The van der Waals surface area contributed by atoms with Gasteiger partial charge in [-0.1, -0.05) is 11.8 Å². The number of carbonyl (C=O) groups is 1. The van der Waals surface area contributed by atoms with Crippen molar-refractivity contribution in [1.29, 1.82) is 0 Å². The zero-order valence-electron chi connectivity index (χ0n) is 7.33. The van der Waals surface area contributed by atoms with Crippen molar-refractivity contribution in [2.24, 2.45) is 0 Å². The molecular formula is C6H9NaO3S2. The Morgan fingerprint density at radius 1 is 1.75 bits per heavy atom. The second-order valence-electron chi connectivity index (χ2n) is 1.76. The molecular weight excluding hydrogens is 207 g/mol. The second kappa shape index (κ2) is 8.31. The van der Waals surface area contributed by atoms with E-state index in [2.05, 4.69) is 0 Å². The maximum atomic E-state index is 10.2. The molecule has 3 nitrogen and oxygen atoms in total. The van der Waals surface area contributed by atoms with Gasteiger partial charge in [0.2, 0.25) is 4.38 Å². The number of hydrogen-bond acceptors (Lipinski definition) is 5. The Morgan fingerprint density at radius 3 is 2.58 bits per heavy atom. The van der Waals surface area contributed by atoms with Gasteiger partial charge in [-0.05, 0) is 26.1 Å². The molecule has 0 rings (SSSR count). The largest absolute Gasteiger partial charge is 1.00 e. The van der Waals surface area contributed by atoms with Gasteiger partial charge in [-0.25, -0.2) is 0 Å². The summed E-state index contributed by atoms with van der Waals surface area (Å²) in [6.07, 6.45) is 0. The molecule has 0 aliphatic rings. The minimum Gasteiger partial charge on any atom is -0.549 e. The van der Waals surface area contributed by atoms with E-state index < -0.39 is 11.2 Å². The number of carboxylic acids is 1. The molecule has 0 fully saturated rings. The number of aliphatic carboxylic acids is 1. The first-order valence-corrected chi connectivity index (χ1v) is 4.41. The van der Waals surface area contributed by atoms with E-state index >= 15 is 0 Å². The molecule has 1 unspecified atom stereocenters. The van der Waals surface area contributed by atoms with Crippen LogP contribution in [0.2, 0.25) is 0 Å². The Kier molecular flexibility index (Phi) is 10.5. The first kappa shape index (κ1) is 15.2. The molecule has 0 bridgehead atoms. The minimum atomic E-state index is -1.13. The van der Waals surface area contributed by atoms with Crippen LogP contribution in [0.5, 0.6) is 0 Å². The van der Waals surface area contributed by atoms with Crippen LogP contribution in [-0.4, -0.2) is 22.2 Å². The van der Waals surface area contributed by atoms with Crippen molar-refractivity contribution in [3.05, 3.63) is 0 Å². The molecule has 0 aliphatic carbocycles. The zero-order chi connectivity index (χ0) is 8.85. The Bertz CT molecular complexity index is 163. The zero-order valence-corrected chi connectivity index (χ0v) is 11.0. The van der Waals surface area contributed by atoms with Crippen molar-refractivity contribution in [3.8, 4) is 0 Å². The number of carboxylic acid groups (broad SMARTS) is 1. The molecule has 0 aromatic carbocycles. The van der Waals surface area contributed by atoms with Crippen LogP contribution < -0.4 is 34.7 Å². The summed E-state index contributed by atoms with van der Waals surface area (Å²) in [5.41, 5.74) is 0. The van der Waals surface area contributed by atoms with Crippen LogP contribution in [0.1, 0.15) is 13.8 Å². The summed E-state index contributed by atoms with van der Waals surface area (Å²) in [5.74, 6) is -1.13. The maximum Gasteiger partial charge on any atom is 1.00 e. The topological polar surface area (TPSA) is 49.4 Å². The van der Waals surface area contributed by atoms with E-state index in [1.807, 2.05) is 0 Å². The molecule has 0 heterocycles. The van der Waals surface area contributed by atoms with Gasteiger partial charge in [0.1, 0.15) is 0 Å². The molecule has 0 spiro atoms. The van der Waals surface area contributed by atoms with E-state index in [4.69, 9.17) is 17.0 Å². The molecule has 0 radical (unpaired) electrons. The second-order valence-corrected chi connectivity index (χ2v) is 3.70. The van der Waals surface area contributed by atoms with Gasteiger partial charge >= 0.3 is 29.6 Å². The average molecular weight is 216 g/mol. The summed E-state index contributed by atoms with van der Waals surface area (Å²) < 4.78 is 5.12. The van der Waals surface area contributed by atoms with Gasteiger partial charge in [0.05, 0.1) is 17.8 Å². The van der Waals surface area contributed by atoms with E-state index in [-0.39, 0.29) is 33.9 Å². The van der Waals surface area contributed by atoms with E-state index in [9.17, 15) is 9.90 Å². The minimum absolute atomic E-state index is 0. The maximum absolute atomic E-state index is 10.2. The SMILES string of the molecule is CCOC(=S)SC(C)C(=O)[O-].[Na+]. The summed E-state index contributed by atoms with van der Waals surface area (Å²) in [6, 6.07) is 0. The van der Waals surface area contributed by atoms with Gasteiger partial charge in [-0.3, -0.25) is 0 Å². The number of thioether (sulfide) groups is 1. The predicted molar refractivity (Wildman–Crippen MR) is 46.3 cm³/mol. The number of thiocarbonyl (C=S) groups is 1. The molecule has 1 atom stereocenters. The fourth-order valence-corrected chi connectivity index (χ4v) is 1.47. The molecule has 0 aromatic heterocycles. The third kappa shape index (κ3) is 7.36. The third-order valence-corrected chi connectivity index (χ3v) is 2.13. The van der Waals surface area contributed by atoms with Crippen molar-refractivity contribution in [3.63, 3.8) is 0 Å². The number of ether oxygens (including phenoxy) is 1. The number of carbonyl (C=O) groups excluding carboxylic acids is 1. The van der Waals surface area contributed by atoms with E-state index in [0.29, 0.717) is 6.61 Å². The van der Waals surface area contributed by atoms with E-state index in [1.54, 1.807) is 6.92 Å². The molecule has 0 N–H and O–H groups in total. The van der Waals surface area contributed by atoms with Crippen molar-refractivity contribution < 1.29 is 44.2 Å². The summed E-state index contributed by atoms with van der Waals surface area (Å²) in [6.45, 7) is 3.76. The fourth-order valence-electron chi connectivity index (χ4n) is 0.344. The quantitative estimate of drug-likeness (QED) is 0.376. The Hall–Kier alpha value is 0.710. The van der Waals surface area contributed by atoms with Crippen molar-refractivity contribution >= 4 is 34.3 Å². The summed E-state index contributed by atoms with van der Waals surface area (Å²) in [7, 11) is 0. The van der Waals surface area contributed by atoms with Gasteiger partial charge in [0.25, 0.3) is 0 Å². The third-order valence-electron chi connectivity index (χ3n) is 0.867. The smallest absolute Gasteiger partial charge is 0.549 e. The Morgan fingerprint density at radius 2 is 2.25 bits per heavy atom. The van der Waals surface area contributed by atoms with Crippen molar-refractivity contribution in [2.75, 3.05) is 6.61 Å². The van der Waals surface area contributed by atoms with Crippen molar-refractivity contribution in [1.82, 2.24) is 0 Å². The van der Waals surface area contributed by atoms with E-state index in [1.165, 1.54) is 6.92 Å². The average Bonchev–Trinajstić information content (AvgIpc) is 1.87. The van der Waals surface area contributed by atoms with Gasteiger partial charge in [0.15, 0.2) is 0 Å². The molecule has 0 aliphatic heterocycles. The monoisotopic (exact) mass is 216 g/mol. The normalized spacial score (nSPS) is 11.2. The van der Waals surface area contributed by atoms with Gasteiger partial charge < -0.3 is 14.6 Å². The first-order valence-electron chi connectivity index (χ1n) is 3.12. The molecule has 0 saturated heterocycles. The summed E-state index contributed by atoms with van der Waals surface area (Å²) in [5, 5.41) is 9.55. The molecule has 6 heteroatoms. The molecule has 64 valence electrons. The Labute approximate surface area is 104 Å².